The van der Waals surface area contributed by atoms with Crippen LogP contribution in [-0.2, 0) is 33.2 Å². The van der Waals surface area contributed by atoms with Crippen molar-refractivity contribution in [2.45, 2.75) is 350 Å². The molecule has 0 saturated heterocycles. The molecule has 7 heteroatoms. The second-order valence-electron chi connectivity index (χ2n) is 21.1. The SMILES string of the molecule is CCCCCCCCCC(OCOCOC(CCCCCCCCC)C(OCCCCCCCC)=C(CCC)OCCCCCCCC)C(OCCCCCCCC)=C(CCC)OCCCCCCCC. The Kier molecular flexibility index (Phi) is 56.7. The first-order chi connectivity index (χ1) is 35.1. The monoisotopic (exact) mass is 1010 g/mol. The maximum absolute atomic E-state index is 6.85. The molecule has 0 N–H and O–H groups in total. The van der Waals surface area contributed by atoms with Crippen LogP contribution in [0.1, 0.15) is 338 Å². The predicted molar refractivity (Wildman–Crippen MR) is 307 cm³/mol. The maximum atomic E-state index is 6.85. The van der Waals surface area contributed by atoms with E-state index in [9.17, 15) is 0 Å². The Bertz CT molecular complexity index is 1020. The van der Waals surface area contributed by atoms with Crippen molar-refractivity contribution in [3.8, 4) is 0 Å². The first kappa shape index (κ1) is 69.6. The van der Waals surface area contributed by atoms with Crippen molar-refractivity contribution in [3.05, 3.63) is 23.0 Å². The van der Waals surface area contributed by atoms with Gasteiger partial charge in [0.2, 0.25) is 0 Å². The lowest BCUT2D eigenvalue weighted by Crippen LogP contribution is -2.25. The molecular weight excluding hydrogens is 881 g/mol. The van der Waals surface area contributed by atoms with Crippen LogP contribution in [0, 0.1) is 0 Å². The first-order valence-corrected chi connectivity index (χ1v) is 31.9. The van der Waals surface area contributed by atoms with Gasteiger partial charge in [0.25, 0.3) is 0 Å². The van der Waals surface area contributed by atoms with E-state index in [1.807, 2.05) is 0 Å². The molecule has 0 aromatic rings. The molecule has 0 rings (SSSR count). The van der Waals surface area contributed by atoms with E-state index >= 15 is 0 Å². The molecular formula is C64H126O7. The van der Waals surface area contributed by atoms with Gasteiger partial charge >= 0.3 is 0 Å². The third kappa shape index (κ3) is 44.6. The normalized spacial score (nSPS) is 13.3. The van der Waals surface area contributed by atoms with Crippen molar-refractivity contribution in [3.63, 3.8) is 0 Å². The number of hydrogen-bond donors (Lipinski definition) is 0. The van der Waals surface area contributed by atoms with Crippen LogP contribution in [0.3, 0.4) is 0 Å². The molecule has 0 heterocycles. The zero-order valence-electron chi connectivity index (χ0n) is 49.4. The minimum atomic E-state index is -0.219. The molecule has 0 spiro atoms. The van der Waals surface area contributed by atoms with Gasteiger partial charge in [-0.1, -0.05) is 274 Å². The minimum absolute atomic E-state index is 0.139. The lowest BCUT2D eigenvalue weighted by atomic mass is 10.0. The van der Waals surface area contributed by atoms with Crippen molar-refractivity contribution in [1.29, 1.82) is 0 Å². The van der Waals surface area contributed by atoms with Crippen molar-refractivity contribution >= 4 is 0 Å². The van der Waals surface area contributed by atoms with Crippen molar-refractivity contribution < 1.29 is 33.2 Å². The van der Waals surface area contributed by atoms with Gasteiger partial charge in [0, 0.05) is 12.8 Å². The molecule has 7 nitrogen and oxygen atoms in total. The molecule has 0 saturated carbocycles. The van der Waals surface area contributed by atoms with Crippen LogP contribution < -0.4 is 0 Å². The van der Waals surface area contributed by atoms with Gasteiger partial charge in [-0.25, -0.2) is 0 Å². The topological polar surface area (TPSA) is 64.6 Å². The molecule has 0 aromatic heterocycles. The molecule has 0 amide bonds. The molecule has 0 aliphatic heterocycles. The number of rotatable bonds is 60. The number of allylic oxidation sites excluding steroid dienone is 2. The number of ether oxygens (including phenoxy) is 7. The average Bonchev–Trinajstić information content (AvgIpc) is 3.37. The predicted octanol–water partition coefficient (Wildman–Crippen LogP) is 21.5. The summed E-state index contributed by atoms with van der Waals surface area (Å²) in [6.07, 6.45) is 52.5. The molecule has 0 aromatic carbocycles. The molecule has 0 bridgehead atoms. The highest BCUT2D eigenvalue weighted by Crippen LogP contribution is 2.28. The number of unbranched alkanes of at least 4 members (excludes halogenated alkanes) is 32. The van der Waals surface area contributed by atoms with Crippen LogP contribution >= 0.6 is 0 Å². The van der Waals surface area contributed by atoms with Crippen LogP contribution in [-0.4, -0.2) is 52.2 Å². The van der Waals surface area contributed by atoms with Crippen LogP contribution in [0.2, 0.25) is 0 Å². The van der Waals surface area contributed by atoms with Gasteiger partial charge in [-0.05, 0) is 51.4 Å². The van der Waals surface area contributed by atoms with Crippen molar-refractivity contribution in [1.82, 2.24) is 0 Å². The highest BCUT2D eigenvalue weighted by Gasteiger charge is 2.25. The van der Waals surface area contributed by atoms with Crippen LogP contribution in [0.5, 0.6) is 0 Å². The summed E-state index contributed by atoms with van der Waals surface area (Å²) in [5, 5.41) is 0. The largest absolute Gasteiger partial charge is 0.494 e. The Morgan fingerprint density at radius 1 is 0.254 bits per heavy atom. The van der Waals surface area contributed by atoms with E-state index in [2.05, 4.69) is 55.4 Å². The van der Waals surface area contributed by atoms with E-state index in [1.54, 1.807) is 0 Å². The van der Waals surface area contributed by atoms with Crippen molar-refractivity contribution in [2.24, 2.45) is 0 Å². The summed E-state index contributed by atoms with van der Waals surface area (Å²) in [6.45, 7) is 21.4. The second-order valence-corrected chi connectivity index (χ2v) is 21.1. The van der Waals surface area contributed by atoms with Gasteiger partial charge in [0.15, 0.2) is 25.1 Å². The lowest BCUT2D eigenvalue weighted by molar-refractivity contribution is -0.167. The Balaban J connectivity index is 6.53. The Labute approximate surface area is 444 Å². The Morgan fingerprint density at radius 3 is 0.761 bits per heavy atom. The quantitative estimate of drug-likeness (QED) is 0.0342. The van der Waals surface area contributed by atoms with E-state index in [-0.39, 0.29) is 25.8 Å². The zero-order chi connectivity index (χ0) is 51.8. The highest BCUT2D eigenvalue weighted by molar-refractivity contribution is 5.09. The molecule has 0 radical (unpaired) electrons. The lowest BCUT2D eigenvalue weighted by Gasteiger charge is -2.26. The zero-order valence-corrected chi connectivity index (χ0v) is 49.4. The average molecular weight is 1010 g/mol. The molecule has 0 aliphatic carbocycles. The smallest absolute Gasteiger partial charge is 0.162 e. The Hall–Kier alpha value is -1.44. The first-order valence-electron chi connectivity index (χ1n) is 31.9. The minimum Gasteiger partial charge on any atom is -0.494 e. The standard InChI is InChI=1S/C64H126O7/c1-9-17-23-29-35-37-43-51-61(63(68-55-47-41-33-27-21-13-5)59(49-15-7)66-53-45-39-31-25-19-11-3)70-57-65-58-71-62(52-44-38-36-30-24-18-10-2)64(69-56-48-42-34-28-22-14-6)60(50-16-8)67-54-46-40-32-26-20-12-4/h61-62H,9-58H2,1-8H3. The molecule has 2 atom stereocenters. The fourth-order valence-corrected chi connectivity index (χ4v) is 9.43. The molecule has 71 heavy (non-hydrogen) atoms. The van der Waals surface area contributed by atoms with Gasteiger partial charge in [-0.2, -0.15) is 0 Å². The summed E-state index contributed by atoms with van der Waals surface area (Å²) in [5.41, 5.74) is 0. The van der Waals surface area contributed by atoms with Crippen LogP contribution in [0.25, 0.3) is 0 Å². The summed E-state index contributed by atoms with van der Waals surface area (Å²) < 4.78 is 47.2. The summed E-state index contributed by atoms with van der Waals surface area (Å²) in [4.78, 5) is 0. The fourth-order valence-electron chi connectivity index (χ4n) is 9.43. The van der Waals surface area contributed by atoms with Crippen LogP contribution in [0.4, 0.5) is 0 Å². The van der Waals surface area contributed by atoms with E-state index in [0.717, 1.165) is 113 Å². The van der Waals surface area contributed by atoms with Gasteiger partial charge in [0.05, 0.1) is 26.4 Å². The van der Waals surface area contributed by atoms with Gasteiger partial charge < -0.3 is 33.2 Å². The summed E-state index contributed by atoms with van der Waals surface area (Å²) >= 11 is 0. The molecule has 2 unspecified atom stereocenters. The summed E-state index contributed by atoms with van der Waals surface area (Å²) in [7, 11) is 0. The van der Waals surface area contributed by atoms with E-state index < -0.39 is 0 Å². The third-order valence-corrected chi connectivity index (χ3v) is 14.0. The van der Waals surface area contributed by atoms with Gasteiger partial charge in [-0.3, -0.25) is 0 Å². The van der Waals surface area contributed by atoms with E-state index in [0.29, 0.717) is 13.2 Å². The van der Waals surface area contributed by atoms with E-state index in [1.165, 1.54) is 205 Å². The van der Waals surface area contributed by atoms with Crippen LogP contribution in [0.15, 0.2) is 23.0 Å². The second kappa shape index (κ2) is 57.8. The molecule has 0 aliphatic rings. The summed E-state index contributed by atoms with van der Waals surface area (Å²) in [5.74, 6) is 3.82. The molecule has 424 valence electrons. The third-order valence-electron chi connectivity index (χ3n) is 14.0. The Morgan fingerprint density at radius 2 is 0.493 bits per heavy atom. The number of hydrogen-bond acceptors (Lipinski definition) is 7. The van der Waals surface area contributed by atoms with Crippen molar-refractivity contribution in [2.75, 3.05) is 40.0 Å². The van der Waals surface area contributed by atoms with Gasteiger partial charge in [-0.15, -0.1) is 0 Å². The highest BCUT2D eigenvalue weighted by atomic mass is 16.7. The fraction of sp³-hybridized carbons (Fsp3) is 0.938. The summed E-state index contributed by atoms with van der Waals surface area (Å²) in [6, 6.07) is 0. The molecule has 0 fully saturated rings. The van der Waals surface area contributed by atoms with Gasteiger partial charge in [0.1, 0.15) is 23.7 Å². The maximum Gasteiger partial charge on any atom is 0.162 e. The van der Waals surface area contributed by atoms with E-state index in [4.69, 9.17) is 33.2 Å².